The summed E-state index contributed by atoms with van der Waals surface area (Å²) >= 11 is 0. The molecule has 0 saturated carbocycles. The molecule has 156 valence electrons. The van der Waals surface area contributed by atoms with Crippen LogP contribution in [0.2, 0.25) is 0 Å². The first-order valence-corrected chi connectivity index (χ1v) is 9.87. The predicted molar refractivity (Wildman–Crippen MR) is 115 cm³/mol. The highest BCUT2D eigenvalue weighted by Gasteiger charge is 2.18. The van der Waals surface area contributed by atoms with Gasteiger partial charge in [0.1, 0.15) is 5.56 Å². The molecule has 0 aliphatic heterocycles. The summed E-state index contributed by atoms with van der Waals surface area (Å²) in [7, 11) is 1.34. The third-order valence-electron chi connectivity index (χ3n) is 4.97. The number of esters is 2. The fraction of sp³-hybridized carbons (Fsp3) is 0.292. The van der Waals surface area contributed by atoms with E-state index in [4.69, 9.17) is 9.47 Å². The van der Waals surface area contributed by atoms with Crippen LogP contribution in [0.15, 0.2) is 53.5 Å². The van der Waals surface area contributed by atoms with Crippen molar-refractivity contribution in [3.63, 3.8) is 0 Å². The second-order valence-corrected chi connectivity index (χ2v) is 7.34. The van der Waals surface area contributed by atoms with Crippen LogP contribution in [-0.2, 0) is 16.0 Å². The van der Waals surface area contributed by atoms with Crippen LogP contribution in [0.1, 0.15) is 58.5 Å². The molecule has 0 unspecified atom stereocenters. The number of rotatable bonds is 6. The first-order chi connectivity index (χ1) is 14.3. The number of ether oxygens (including phenoxy) is 2. The summed E-state index contributed by atoms with van der Waals surface area (Å²) in [6.07, 6.45) is 1.54. The molecule has 3 aromatic rings. The van der Waals surface area contributed by atoms with Gasteiger partial charge in [0.2, 0.25) is 5.43 Å². The molecule has 6 heteroatoms. The van der Waals surface area contributed by atoms with Gasteiger partial charge in [-0.3, -0.25) is 4.79 Å². The van der Waals surface area contributed by atoms with E-state index in [1.165, 1.54) is 13.3 Å². The van der Waals surface area contributed by atoms with Gasteiger partial charge in [-0.05, 0) is 48.2 Å². The molecule has 6 nitrogen and oxygen atoms in total. The molecule has 1 heterocycles. The second-order valence-electron chi connectivity index (χ2n) is 7.34. The average molecular weight is 407 g/mol. The molecule has 0 N–H and O–H groups in total. The van der Waals surface area contributed by atoms with Crippen LogP contribution < -0.4 is 5.43 Å². The highest BCUT2D eigenvalue weighted by atomic mass is 16.5. The predicted octanol–water partition coefficient (Wildman–Crippen LogP) is 4.14. The molecule has 0 bridgehead atoms. The number of carbonyl (C=O) groups excluding carboxylic acids is 2. The third kappa shape index (κ3) is 4.27. The van der Waals surface area contributed by atoms with E-state index in [0.717, 1.165) is 16.6 Å². The Kier molecular flexibility index (Phi) is 6.35. The number of aromatic nitrogens is 1. The van der Waals surface area contributed by atoms with E-state index in [1.54, 1.807) is 31.2 Å². The molecule has 3 rings (SSSR count). The van der Waals surface area contributed by atoms with Gasteiger partial charge in [-0.2, -0.15) is 0 Å². The Bertz CT molecular complexity index is 1160. The Hall–Kier alpha value is -3.41. The zero-order valence-corrected chi connectivity index (χ0v) is 17.6. The SMILES string of the molecule is CCOC(=O)c1cn(Cc2cccc(C(=O)OC)c2)c2cc(C(C)C)ccc2c1=O. The molecule has 1 aromatic heterocycles. The quantitative estimate of drug-likeness (QED) is 0.574. The van der Waals surface area contributed by atoms with E-state index < -0.39 is 11.9 Å². The van der Waals surface area contributed by atoms with E-state index >= 15 is 0 Å². The lowest BCUT2D eigenvalue weighted by atomic mass is 10.00. The van der Waals surface area contributed by atoms with Crippen molar-refractivity contribution in [1.82, 2.24) is 4.57 Å². The van der Waals surface area contributed by atoms with Crippen molar-refractivity contribution < 1.29 is 19.1 Å². The van der Waals surface area contributed by atoms with Gasteiger partial charge >= 0.3 is 11.9 Å². The van der Waals surface area contributed by atoms with Gasteiger partial charge in [0, 0.05) is 18.1 Å². The maximum absolute atomic E-state index is 12.9. The molecule has 0 atom stereocenters. The number of carbonyl (C=O) groups is 2. The Morgan fingerprint density at radius 1 is 1.07 bits per heavy atom. The Morgan fingerprint density at radius 3 is 2.50 bits per heavy atom. The highest BCUT2D eigenvalue weighted by molar-refractivity contribution is 5.94. The Labute approximate surface area is 175 Å². The lowest BCUT2D eigenvalue weighted by Crippen LogP contribution is -2.21. The third-order valence-corrected chi connectivity index (χ3v) is 4.97. The number of fused-ring (bicyclic) bond motifs is 1. The van der Waals surface area contributed by atoms with Crippen LogP contribution in [0.5, 0.6) is 0 Å². The van der Waals surface area contributed by atoms with E-state index in [2.05, 4.69) is 13.8 Å². The summed E-state index contributed by atoms with van der Waals surface area (Å²) in [6.45, 7) is 6.41. The van der Waals surface area contributed by atoms with Gasteiger partial charge < -0.3 is 14.0 Å². The summed E-state index contributed by atoms with van der Waals surface area (Å²) in [5.74, 6) is -0.782. The smallest absolute Gasteiger partial charge is 0.343 e. The second kappa shape index (κ2) is 8.95. The van der Waals surface area contributed by atoms with Crippen molar-refractivity contribution in [2.75, 3.05) is 13.7 Å². The minimum absolute atomic E-state index is 0.00855. The van der Waals surface area contributed by atoms with Crippen molar-refractivity contribution in [1.29, 1.82) is 0 Å². The first-order valence-electron chi connectivity index (χ1n) is 9.87. The van der Waals surface area contributed by atoms with E-state index in [0.29, 0.717) is 17.5 Å². The van der Waals surface area contributed by atoms with Crippen LogP contribution in [-0.4, -0.2) is 30.2 Å². The van der Waals surface area contributed by atoms with Crippen molar-refractivity contribution in [2.45, 2.75) is 33.2 Å². The number of benzene rings is 2. The molecule has 0 fully saturated rings. The van der Waals surface area contributed by atoms with Crippen LogP contribution >= 0.6 is 0 Å². The number of pyridine rings is 1. The van der Waals surface area contributed by atoms with Crippen LogP contribution in [0.4, 0.5) is 0 Å². The van der Waals surface area contributed by atoms with Crippen molar-refractivity contribution in [3.05, 3.63) is 81.1 Å². The number of methoxy groups -OCH3 is 1. The van der Waals surface area contributed by atoms with Crippen LogP contribution in [0, 0.1) is 0 Å². The van der Waals surface area contributed by atoms with Crippen molar-refractivity contribution in [2.24, 2.45) is 0 Å². The fourth-order valence-corrected chi connectivity index (χ4v) is 3.36. The molecule has 2 aromatic carbocycles. The fourth-order valence-electron chi connectivity index (χ4n) is 3.36. The van der Waals surface area contributed by atoms with E-state index in [1.807, 2.05) is 22.8 Å². The largest absolute Gasteiger partial charge is 0.465 e. The monoisotopic (exact) mass is 407 g/mol. The van der Waals surface area contributed by atoms with Gasteiger partial charge in [-0.15, -0.1) is 0 Å². The summed E-state index contributed by atoms with van der Waals surface area (Å²) < 4.78 is 11.7. The maximum Gasteiger partial charge on any atom is 0.343 e. The summed E-state index contributed by atoms with van der Waals surface area (Å²) in [6, 6.07) is 12.7. The zero-order chi connectivity index (χ0) is 21.8. The minimum atomic E-state index is -0.644. The van der Waals surface area contributed by atoms with Gasteiger partial charge in [0.15, 0.2) is 0 Å². The standard InChI is InChI=1S/C24H25NO5/c1-5-30-24(28)20-14-25(13-16-7-6-8-18(11-16)23(27)29-4)21-12-17(15(2)3)9-10-19(21)22(20)26/h6-12,14-15H,5,13H2,1-4H3. The van der Waals surface area contributed by atoms with E-state index in [9.17, 15) is 14.4 Å². The van der Waals surface area contributed by atoms with Crippen LogP contribution in [0.3, 0.4) is 0 Å². The lowest BCUT2D eigenvalue weighted by molar-refractivity contribution is 0.0523. The normalized spacial score (nSPS) is 11.0. The highest BCUT2D eigenvalue weighted by Crippen LogP contribution is 2.22. The molecular formula is C24H25NO5. The number of nitrogens with zero attached hydrogens (tertiary/aromatic N) is 1. The molecule has 30 heavy (non-hydrogen) atoms. The van der Waals surface area contributed by atoms with Gasteiger partial charge in [-0.1, -0.05) is 32.0 Å². The number of hydrogen-bond acceptors (Lipinski definition) is 5. The lowest BCUT2D eigenvalue weighted by Gasteiger charge is -2.16. The van der Waals surface area contributed by atoms with Gasteiger partial charge in [0.05, 0.1) is 24.8 Å². The topological polar surface area (TPSA) is 74.6 Å². The minimum Gasteiger partial charge on any atom is -0.465 e. The summed E-state index contributed by atoms with van der Waals surface area (Å²) in [4.78, 5) is 37.2. The van der Waals surface area contributed by atoms with Crippen molar-refractivity contribution >= 4 is 22.8 Å². The molecule has 0 radical (unpaired) electrons. The molecule has 0 spiro atoms. The maximum atomic E-state index is 12.9. The Balaban J connectivity index is 2.19. The average Bonchev–Trinajstić information content (AvgIpc) is 2.75. The first kappa shape index (κ1) is 21.3. The Morgan fingerprint density at radius 2 is 1.83 bits per heavy atom. The van der Waals surface area contributed by atoms with Gasteiger partial charge in [0.25, 0.3) is 0 Å². The van der Waals surface area contributed by atoms with Crippen LogP contribution in [0.25, 0.3) is 10.9 Å². The molecular weight excluding hydrogens is 382 g/mol. The molecule has 0 aliphatic rings. The summed E-state index contributed by atoms with van der Waals surface area (Å²) in [5, 5.41) is 0.453. The molecule has 0 saturated heterocycles. The van der Waals surface area contributed by atoms with E-state index in [-0.39, 0.29) is 23.5 Å². The molecule has 0 aliphatic carbocycles. The van der Waals surface area contributed by atoms with Gasteiger partial charge in [-0.25, -0.2) is 9.59 Å². The summed E-state index contributed by atoms with van der Waals surface area (Å²) in [5.41, 5.74) is 2.73. The number of hydrogen-bond donors (Lipinski definition) is 0. The van der Waals surface area contributed by atoms with Crippen molar-refractivity contribution in [3.8, 4) is 0 Å². The zero-order valence-electron chi connectivity index (χ0n) is 17.6. The molecule has 0 amide bonds.